The van der Waals surface area contributed by atoms with E-state index in [4.69, 9.17) is 23.2 Å². The van der Waals surface area contributed by atoms with Gasteiger partial charge in [0, 0.05) is 15.6 Å². The first kappa shape index (κ1) is 23.7. The summed E-state index contributed by atoms with van der Waals surface area (Å²) in [5, 5.41) is 10.5. The summed E-state index contributed by atoms with van der Waals surface area (Å²) in [6, 6.07) is 20.9. The maximum atomic E-state index is 14.2. The molecule has 0 aromatic heterocycles. The van der Waals surface area contributed by atoms with Gasteiger partial charge in [0.2, 0.25) is 0 Å². The highest BCUT2D eigenvalue weighted by Crippen LogP contribution is 2.45. The Hall–Kier alpha value is -2.48. The van der Waals surface area contributed by atoms with Crippen LogP contribution in [0.1, 0.15) is 35.2 Å². The maximum absolute atomic E-state index is 14.2. The Morgan fingerprint density at radius 3 is 2.39 bits per heavy atom. The second kappa shape index (κ2) is 10.2. The molecule has 1 aliphatic heterocycles. The van der Waals surface area contributed by atoms with Gasteiger partial charge in [0.1, 0.15) is 11.0 Å². The van der Waals surface area contributed by atoms with E-state index >= 15 is 0 Å². The SMILES string of the molecule is Cc1ccccc1S(=O)N1C(c2ccc(Cl)cc2)CC=C(C(=O)NO)C1c1cccc(Cl)c1. The second-order valence-corrected chi connectivity index (χ2v) is 9.97. The van der Waals surface area contributed by atoms with E-state index in [1.165, 1.54) is 0 Å². The highest BCUT2D eigenvalue weighted by molar-refractivity contribution is 7.82. The molecule has 3 atom stereocenters. The first-order valence-electron chi connectivity index (χ1n) is 10.3. The Kier molecular flexibility index (Phi) is 7.32. The fraction of sp³-hybridized carbons (Fsp3) is 0.160. The number of halogens is 2. The van der Waals surface area contributed by atoms with E-state index in [1.54, 1.807) is 41.9 Å². The number of aryl methyl sites for hydroxylation is 1. The first-order chi connectivity index (χ1) is 15.9. The van der Waals surface area contributed by atoms with Crippen LogP contribution in [0.15, 0.2) is 89.3 Å². The van der Waals surface area contributed by atoms with E-state index < -0.39 is 22.9 Å². The largest absolute Gasteiger partial charge is 0.288 e. The quantitative estimate of drug-likeness (QED) is 0.336. The normalized spacial score (nSPS) is 19.6. The average Bonchev–Trinajstić information content (AvgIpc) is 2.83. The number of benzene rings is 3. The minimum atomic E-state index is -1.64. The van der Waals surface area contributed by atoms with Crippen molar-refractivity contribution in [1.29, 1.82) is 0 Å². The van der Waals surface area contributed by atoms with Crippen molar-refractivity contribution in [1.82, 2.24) is 9.79 Å². The molecule has 33 heavy (non-hydrogen) atoms. The maximum Gasteiger partial charge on any atom is 0.272 e. The zero-order valence-corrected chi connectivity index (χ0v) is 20.1. The lowest BCUT2D eigenvalue weighted by Gasteiger charge is -2.41. The van der Waals surface area contributed by atoms with Crippen LogP contribution >= 0.6 is 23.2 Å². The van der Waals surface area contributed by atoms with Gasteiger partial charge in [0.15, 0.2) is 0 Å². The zero-order chi connectivity index (χ0) is 23.5. The Morgan fingerprint density at radius 1 is 1.00 bits per heavy atom. The zero-order valence-electron chi connectivity index (χ0n) is 17.7. The molecule has 0 saturated heterocycles. The molecule has 3 unspecified atom stereocenters. The van der Waals surface area contributed by atoms with Gasteiger partial charge in [-0.1, -0.05) is 71.7 Å². The summed E-state index contributed by atoms with van der Waals surface area (Å²) in [4.78, 5) is 13.3. The van der Waals surface area contributed by atoms with E-state index in [1.807, 2.05) is 53.7 Å². The van der Waals surface area contributed by atoms with Gasteiger partial charge < -0.3 is 0 Å². The molecule has 2 N–H and O–H groups in total. The van der Waals surface area contributed by atoms with Crippen LogP contribution in [0.4, 0.5) is 0 Å². The third kappa shape index (κ3) is 4.90. The van der Waals surface area contributed by atoms with Crippen molar-refractivity contribution in [2.24, 2.45) is 0 Å². The molecule has 0 saturated carbocycles. The molecule has 0 spiro atoms. The summed E-state index contributed by atoms with van der Waals surface area (Å²) in [6.45, 7) is 1.90. The Bertz CT molecular complexity index is 1230. The van der Waals surface area contributed by atoms with Crippen LogP contribution < -0.4 is 5.48 Å². The van der Waals surface area contributed by atoms with Gasteiger partial charge >= 0.3 is 0 Å². The molecule has 4 rings (SSSR count). The number of hydrogen-bond donors (Lipinski definition) is 2. The summed E-state index contributed by atoms with van der Waals surface area (Å²) in [6.07, 6.45) is 2.20. The molecule has 3 aromatic carbocycles. The fourth-order valence-electron chi connectivity index (χ4n) is 4.10. The topological polar surface area (TPSA) is 69.6 Å². The molecule has 0 fully saturated rings. The molecule has 3 aromatic rings. The van der Waals surface area contributed by atoms with Crippen LogP contribution in [0.2, 0.25) is 10.0 Å². The smallest absolute Gasteiger partial charge is 0.272 e. The van der Waals surface area contributed by atoms with Crippen molar-refractivity contribution >= 4 is 40.1 Å². The van der Waals surface area contributed by atoms with Crippen LogP contribution in [0.5, 0.6) is 0 Å². The van der Waals surface area contributed by atoms with Crippen LogP contribution in [0, 0.1) is 6.92 Å². The molecule has 1 amide bonds. The minimum Gasteiger partial charge on any atom is -0.288 e. The molecule has 1 aliphatic rings. The van der Waals surface area contributed by atoms with E-state index in [0.29, 0.717) is 32.5 Å². The first-order valence-corrected chi connectivity index (χ1v) is 12.2. The highest BCUT2D eigenvalue weighted by atomic mass is 35.5. The lowest BCUT2D eigenvalue weighted by molar-refractivity contribution is -0.126. The molecular formula is C25H22Cl2N2O3S. The molecule has 5 nitrogen and oxygen atoms in total. The average molecular weight is 501 g/mol. The Balaban J connectivity index is 1.93. The van der Waals surface area contributed by atoms with E-state index in [-0.39, 0.29) is 6.04 Å². The monoisotopic (exact) mass is 500 g/mol. The lowest BCUT2D eigenvalue weighted by atomic mass is 9.89. The van der Waals surface area contributed by atoms with Gasteiger partial charge in [-0.2, -0.15) is 0 Å². The molecular weight excluding hydrogens is 479 g/mol. The van der Waals surface area contributed by atoms with Crippen molar-refractivity contribution in [2.45, 2.75) is 30.3 Å². The molecule has 170 valence electrons. The number of carbonyl (C=O) groups is 1. The van der Waals surface area contributed by atoms with Crippen LogP contribution in [-0.4, -0.2) is 19.6 Å². The third-order valence-electron chi connectivity index (χ3n) is 5.67. The van der Waals surface area contributed by atoms with Crippen molar-refractivity contribution < 1.29 is 14.2 Å². The van der Waals surface area contributed by atoms with Gasteiger partial charge in [0.05, 0.1) is 17.0 Å². The number of carbonyl (C=O) groups excluding carboxylic acids is 1. The highest BCUT2D eigenvalue weighted by Gasteiger charge is 2.41. The van der Waals surface area contributed by atoms with Gasteiger partial charge in [-0.25, -0.2) is 14.0 Å². The van der Waals surface area contributed by atoms with E-state index in [2.05, 4.69) is 0 Å². The van der Waals surface area contributed by atoms with Crippen molar-refractivity contribution in [3.8, 4) is 0 Å². The Morgan fingerprint density at radius 2 is 1.73 bits per heavy atom. The summed E-state index contributed by atoms with van der Waals surface area (Å²) >= 11 is 12.4. The van der Waals surface area contributed by atoms with Crippen LogP contribution in [0.25, 0.3) is 0 Å². The number of nitrogens with one attached hydrogen (secondary N) is 1. The lowest BCUT2D eigenvalue weighted by Crippen LogP contribution is -2.41. The summed E-state index contributed by atoms with van der Waals surface area (Å²) in [5.41, 5.74) is 4.51. The minimum absolute atomic E-state index is 0.298. The number of nitrogens with zero attached hydrogens (tertiary/aromatic N) is 1. The van der Waals surface area contributed by atoms with Crippen LogP contribution in [-0.2, 0) is 15.8 Å². The van der Waals surface area contributed by atoms with Gasteiger partial charge in [-0.3, -0.25) is 10.0 Å². The van der Waals surface area contributed by atoms with Crippen molar-refractivity contribution in [2.75, 3.05) is 0 Å². The molecule has 0 bridgehead atoms. The predicted molar refractivity (Wildman–Crippen MR) is 130 cm³/mol. The number of hydroxylamine groups is 1. The van der Waals surface area contributed by atoms with E-state index in [9.17, 15) is 14.2 Å². The summed E-state index contributed by atoms with van der Waals surface area (Å²) in [5.74, 6) is -0.652. The van der Waals surface area contributed by atoms with Gasteiger partial charge in [-0.15, -0.1) is 0 Å². The summed E-state index contributed by atoms with van der Waals surface area (Å²) in [7, 11) is -1.64. The molecule has 8 heteroatoms. The van der Waals surface area contributed by atoms with Crippen molar-refractivity contribution in [3.05, 3.63) is 111 Å². The molecule has 0 radical (unpaired) electrons. The Labute approximate surface area is 205 Å². The predicted octanol–water partition coefficient (Wildman–Crippen LogP) is 5.94. The third-order valence-corrected chi connectivity index (χ3v) is 7.84. The summed E-state index contributed by atoms with van der Waals surface area (Å²) < 4.78 is 16.0. The van der Waals surface area contributed by atoms with Crippen LogP contribution in [0.3, 0.4) is 0 Å². The standard InChI is InChI=1S/C25H22Cl2N2O3S/c1-16-5-2-3-8-23(16)33(32)29-22(17-9-11-19(26)12-10-17)14-13-21(25(30)28-31)24(29)18-6-4-7-20(27)15-18/h2-13,15,22,24,31H,14H2,1H3,(H,28,30). The van der Waals surface area contributed by atoms with Crippen molar-refractivity contribution in [3.63, 3.8) is 0 Å². The van der Waals surface area contributed by atoms with Gasteiger partial charge in [-0.05, 0) is 60.4 Å². The molecule has 1 heterocycles. The fourth-order valence-corrected chi connectivity index (χ4v) is 6.06. The number of hydrogen-bond acceptors (Lipinski definition) is 3. The van der Waals surface area contributed by atoms with E-state index in [0.717, 1.165) is 11.1 Å². The second-order valence-electron chi connectivity index (χ2n) is 7.74. The molecule has 0 aliphatic carbocycles. The van der Waals surface area contributed by atoms with Gasteiger partial charge in [0.25, 0.3) is 5.91 Å². The number of amides is 1. The number of rotatable bonds is 5.